The molecule has 0 aliphatic carbocycles. The van der Waals surface area contributed by atoms with E-state index in [1.165, 1.54) is 6.07 Å². The maximum absolute atomic E-state index is 12.2. The average molecular weight is 273 g/mol. The van der Waals surface area contributed by atoms with Crippen LogP contribution in [-0.2, 0) is 0 Å². The van der Waals surface area contributed by atoms with Crippen LogP contribution in [0.25, 0.3) is 10.8 Å². The minimum Gasteiger partial charge on any atom is -0.422 e. The lowest BCUT2D eigenvalue weighted by molar-refractivity contribution is 0.0737. The SMILES string of the molecule is N#Cc1cccc(C(=O)Oc2cccc3ccccc23)c1. The zero-order valence-corrected chi connectivity index (χ0v) is 11.1. The molecule has 0 bridgehead atoms. The van der Waals surface area contributed by atoms with Gasteiger partial charge < -0.3 is 4.74 Å². The first-order valence-corrected chi connectivity index (χ1v) is 6.48. The Labute approximate surface area is 122 Å². The summed E-state index contributed by atoms with van der Waals surface area (Å²) in [4.78, 5) is 12.2. The number of ether oxygens (including phenoxy) is 1. The molecular formula is C18H11NO2. The van der Waals surface area contributed by atoms with Crippen LogP contribution in [0.15, 0.2) is 66.7 Å². The van der Waals surface area contributed by atoms with Gasteiger partial charge in [0.15, 0.2) is 0 Å². The Morgan fingerprint density at radius 3 is 2.57 bits per heavy atom. The van der Waals surface area contributed by atoms with Crippen molar-refractivity contribution in [1.82, 2.24) is 0 Å². The highest BCUT2D eigenvalue weighted by Crippen LogP contribution is 2.25. The van der Waals surface area contributed by atoms with Crippen LogP contribution in [-0.4, -0.2) is 5.97 Å². The Bertz CT molecular complexity index is 857. The summed E-state index contributed by atoms with van der Waals surface area (Å²) in [5.74, 6) is 0.0453. The Hall–Kier alpha value is -3.12. The van der Waals surface area contributed by atoms with Crippen molar-refractivity contribution in [3.8, 4) is 11.8 Å². The van der Waals surface area contributed by atoms with Gasteiger partial charge in [0, 0.05) is 5.39 Å². The number of benzene rings is 3. The molecule has 3 rings (SSSR count). The molecule has 0 atom stereocenters. The minimum absolute atomic E-state index is 0.363. The maximum atomic E-state index is 12.2. The Morgan fingerprint density at radius 1 is 0.952 bits per heavy atom. The quantitative estimate of drug-likeness (QED) is 0.525. The topological polar surface area (TPSA) is 50.1 Å². The van der Waals surface area contributed by atoms with Gasteiger partial charge in [-0.25, -0.2) is 4.79 Å². The highest BCUT2D eigenvalue weighted by atomic mass is 16.5. The molecule has 0 aliphatic rings. The van der Waals surface area contributed by atoms with E-state index in [2.05, 4.69) is 0 Å². The first-order chi connectivity index (χ1) is 10.3. The van der Waals surface area contributed by atoms with Crippen LogP contribution in [0.4, 0.5) is 0 Å². The molecule has 3 aromatic rings. The molecule has 0 unspecified atom stereocenters. The number of nitriles is 1. The van der Waals surface area contributed by atoms with Gasteiger partial charge in [-0.1, -0.05) is 42.5 Å². The lowest BCUT2D eigenvalue weighted by atomic mass is 10.1. The zero-order valence-electron chi connectivity index (χ0n) is 11.1. The van der Waals surface area contributed by atoms with Gasteiger partial charge in [0.1, 0.15) is 5.75 Å². The number of rotatable bonds is 2. The van der Waals surface area contributed by atoms with Crippen molar-refractivity contribution in [3.63, 3.8) is 0 Å². The van der Waals surface area contributed by atoms with E-state index in [9.17, 15) is 4.79 Å². The molecule has 100 valence electrons. The second-order valence-corrected chi connectivity index (χ2v) is 4.56. The molecule has 0 amide bonds. The molecule has 0 N–H and O–H groups in total. The first kappa shape index (κ1) is 12.9. The van der Waals surface area contributed by atoms with E-state index in [0.717, 1.165) is 10.8 Å². The average Bonchev–Trinajstić information content (AvgIpc) is 2.55. The van der Waals surface area contributed by atoms with Crippen LogP contribution >= 0.6 is 0 Å². The second kappa shape index (κ2) is 5.48. The molecule has 0 radical (unpaired) electrons. The molecule has 0 aromatic heterocycles. The standard InChI is InChI=1S/C18H11NO2/c19-12-13-5-3-8-15(11-13)18(20)21-17-10-4-7-14-6-1-2-9-16(14)17/h1-11H. The number of hydrogen-bond acceptors (Lipinski definition) is 3. The molecule has 0 fully saturated rings. The molecule has 0 spiro atoms. The zero-order chi connectivity index (χ0) is 14.7. The number of esters is 1. The highest BCUT2D eigenvalue weighted by Gasteiger charge is 2.11. The fourth-order valence-corrected chi connectivity index (χ4v) is 2.16. The largest absolute Gasteiger partial charge is 0.422 e. The molecule has 3 nitrogen and oxygen atoms in total. The van der Waals surface area contributed by atoms with Crippen LogP contribution in [0.1, 0.15) is 15.9 Å². The van der Waals surface area contributed by atoms with E-state index >= 15 is 0 Å². The van der Waals surface area contributed by atoms with E-state index in [1.54, 1.807) is 24.3 Å². The molecule has 21 heavy (non-hydrogen) atoms. The lowest BCUT2D eigenvalue weighted by Crippen LogP contribution is -2.08. The number of carbonyl (C=O) groups excluding carboxylic acids is 1. The highest BCUT2D eigenvalue weighted by molar-refractivity contribution is 5.95. The van der Waals surface area contributed by atoms with E-state index < -0.39 is 5.97 Å². The van der Waals surface area contributed by atoms with Crippen molar-refractivity contribution >= 4 is 16.7 Å². The van der Waals surface area contributed by atoms with Crippen LogP contribution in [0.5, 0.6) is 5.75 Å². The predicted molar refractivity (Wildman–Crippen MR) is 80.1 cm³/mol. The summed E-state index contributed by atoms with van der Waals surface area (Å²) in [6, 6.07) is 21.7. The first-order valence-electron chi connectivity index (χ1n) is 6.48. The normalized spacial score (nSPS) is 10.0. The van der Waals surface area contributed by atoms with Gasteiger partial charge in [0.25, 0.3) is 0 Å². The molecule has 0 aliphatic heterocycles. The van der Waals surface area contributed by atoms with Crippen molar-refractivity contribution in [2.75, 3.05) is 0 Å². The second-order valence-electron chi connectivity index (χ2n) is 4.56. The summed E-state index contributed by atoms with van der Waals surface area (Å²) in [5.41, 5.74) is 0.796. The number of fused-ring (bicyclic) bond motifs is 1. The molecular weight excluding hydrogens is 262 g/mol. The van der Waals surface area contributed by atoms with Crippen molar-refractivity contribution in [2.24, 2.45) is 0 Å². The molecule has 3 aromatic carbocycles. The van der Waals surface area contributed by atoms with Crippen molar-refractivity contribution in [1.29, 1.82) is 5.26 Å². The van der Waals surface area contributed by atoms with Crippen molar-refractivity contribution < 1.29 is 9.53 Å². The summed E-state index contributed by atoms with van der Waals surface area (Å²) in [7, 11) is 0. The van der Waals surface area contributed by atoms with Crippen LogP contribution in [0.2, 0.25) is 0 Å². The molecule has 0 saturated heterocycles. The van der Waals surface area contributed by atoms with Gasteiger partial charge in [-0.3, -0.25) is 0 Å². The number of hydrogen-bond donors (Lipinski definition) is 0. The van der Waals surface area contributed by atoms with E-state index in [-0.39, 0.29) is 0 Å². The Morgan fingerprint density at radius 2 is 1.71 bits per heavy atom. The summed E-state index contributed by atoms with van der Waals surface area (Å²) < 4.78 is 5.46. The van der Waals surface area contributed by atoms with Gasteiger partial charge in [-0.05, 0) is 29.7 Å². The third-order valence-electron chi connectivity index (χ3n) is 3.18. The molecule has 3 heteroatoms. The maximum Gasteiger partial charge on any atom is 0.343 e. The number of nitrogens with zero attached hydrogens (tertiary/aromatic N) is 1. The third-order valence-corrected chi connectivity index (χ3v) is 3.18. The van der Waals surface area contributed by atoms with Gasteiger partial charge in [0.05, 0.1) is 17.2 Å². The van der Waals surface area contributed by atoms with Gasteiger partial charge in [0.2, 0.25) is 0 Å². The van der Waals surface area contributed by atoms with Crippen molar-refractivity contribution in [2.45, 2.75) is 0 Å². The Balaban J connectivity index is 1.95. The molecule has 0 heterocycles. The summed E-state index contributed by atoms with van der Waals surface area (Å²) >= 11 is 0. The van der Waals surface area contributed by atoms with Crippen LogP contribution in [0, 0.1) is 11.3 Å². The monoisotopic (exact) mass is 273 g/mol. The van der Waals surface area contributed by atoms with Gasteiger partial charge in [-0.15, -0.1) is 0 Å². The van der Waals surface area contributed by atoms with Crippen molar-refractivity contribution in [3.05, 3.63) is 77.9 Å². The fourth-order valence-electron chi connectivity index (χ4n) is 2.16. The third kappa shape index (κ3) is 2.60. The summed E-state index contributed by atoms with van der Waals surface area (Å²) in [6.45, 7) is 0. The van der Waals surface area contributed by atoms with E-state index in [4.69, 9.17) is 10.00 Å². The molecule has 0 saturated carbocycles. The summed E-state index contributed by atoms with van der Waals surface area (Å²) in [5, 5.41) is 10.8. The van der Waals surface area contributed by atoms with Gasteiger partial charge >= 0.3 is 5.97 Å². The van der Waals surface area contributed by atoms with E-state index in [1.807, 2.05) is 42.5 Å². The Kier molecular flexibility index (Phi) is 3.36. The van der Waals surface area contributed by atoms with Gasteiger partial charge in [-0.2, -0.15) is 5.26 Å². The van der Waals surface area contributed by atoms with Crippen LogP contribution < -0.4 is 4.74 Å². The lowest BCUT2D eigenvalue weighted by Gasteiger charge is -2.07. The van der Waals surface area contributed by atoms with Crippen LogP contribution in [0.3, 0.4) is 0 Å². The predicted octanol–water partition coefficient (Wildman–Crippen LogP) is 3.93. The number of carbonyl (C=O) groups is 1. The van der Waals surface area contributed by atoms with E-state index in [0.29, 0.717) is 16.9 Å². The smallest absolute Gasteiger partial charge is 0.343 e. The fraction of sp³-hybridized carbons (Fsp3) is 0. The minimum atomic E-state index is -0.469. The summed E-state index contributed by atoms with van der Waals surface area (Å²) in [6.07, 6.45) is 0.